The number of hydrogen-bond donors (Lipinski definition) is 1. The van der Waals surface area contributed by atoms with Crippen molar-refractivity contribution in [1.82, 2.24) is 0 Å². The van der Waals surface area contributed by atoms with Crippen molar-refractivity contribution in [3.8, 4) is 5.75 Å². The summed E-state index contributed by atoms with van der Waals surface area (Å²) in [5.41, 5.74) is 2.00. The Bertz CT molecular complexity index is 611. The van der Waals surface area contributed by atoms with Crippen molar-refractivity contribution in [3.63, 3.8) is 0 Å². The van der Waals surface area contributed by atoms with E-state index in [0.29, 0.717) is 23.6 Å². The van der Waals surface area contributed by atoms with E-state index in [1.54, 1.807) is 19.1 Å². The smallest absolute Gasteiger partial charge is 0.344 e. The van der Waals surface area contributed by atoms with Crippen LogP contribution in [-0.4, -0.2) is 17.2 Å². The summed E-state index contributed by atoms with van der Waals surface area (Å²) in [4.78, 5) is 11.1. The Morgan fingerprint density at radius 3 is 2.57 bits per heavy atom. The molecule has 2 rings (SSSR count). The first-order valence-corrected chi connectivity index (χ1v) is 7.19. The lowest BCUT2D eigenvalue weighted by Gasteiger charge is -2.17. The predicted molar refractivity (Wildman–Crippen MR) is 83.0 cm³/mol. The van der Waals surface area contributed by atoms with Crippen molar-refractivity contribution in [3.05, 3.63) is 64.7 Å². The number of rotatable bonds is 6. The van der Waals surface area contributed by atoms with Crippen LogP contribution in [0.15, 0.2) is 48.5 Å². The maximum absolute atomic E-state index is 11.1. The summed E-state index contributed by atoms with van der Waals surface area (Å²) in [5.74, 6) is -0.393. The van der Waals surface area contributed by atoms with Gasteiger partial charge in [-0.05, 0) is 30.2 Å². The second-order valence-electron chi connectivity index (χ2n) is 4.77. The lowest BCUT2D eigenvalue weighted by atomic mass is 10.0. The van der Waals surface area contributed by atoms with E-state index in [2.05, 4.69) is 0 Å². The van der Waals surface area contributed by atoms with Gasteiger partial charge in [-0.1, -0.05) is 48.9 Å². The zero-order valence-corrected chi connectivity index (χ0v) is 12.5. The number of ether oxygens (including phenoxy) is 1. The molecule has 0 amide bonds. The first-order chi connectivity index (χ1) is 10.1. The molecule has 0 heterocycles. The van der Waals surface area contributed by atoms with Gasteiger partial charge in [0.05, 0.1) is 0 Å². The van der Waals surface area contributed by atoms with Gasteiger partial charge in [0.25, 0.3) is 0 Å². The number of benzene rings is 2. The van der Waals surface area contributed by atoms with E-state index in [-0.39, 0.29) is 0 Å². The highest BCUT2D eigenvalue weighted by molar-refractivity contribution is 6.30. The topological polar surface area (TPSA) is 46.5 Å². The van der Waals surface area contributed by atoms with Gasteiger partial charge < -0.3 is 9.84 Å². The fourth-order valence-corrected chi connectivity index (χ4v) is 2.27. The highest BCUT2D eigenvalue weighted by Crippen LogP contribution is 2.26. The third-order valence-electron chi connectivity index (χ3n) is 3.18. The normalized spacial score (nSPS) is 11.9. The maximum atomic E-state index is 11.1. The summed E-state index contributed by atoms with van der Waals surface area (Å²) in [6.45, 7) is 1.78. The molecule has 2 aromatic rings. The molecule has 1 N–H and O–H groups in total. The molecule has 0 spiro atoms. The van der Waals surface area contributed by atoms with E-state index < -0.39 is 12.1 Å². The lowest BCUT2D eigenvalue weighted by molar-refractivity contribution is -0.145. The van der Waals surface area contributed by atoms with Gasteiger partial charge in [-0.3, -0.25) is 0 Å². The van der Waals surface area contributed by atoms with E-state index in [1.165, 1.54) is 0 Å². The molecule has 21 heavy (non-hydrogen) atoms. The Morgan fingerprint density at radius 1 is 1.24 bits per heavy atom. The number of hydrogen-bond acceptors (Lipinski definition) is 2. The van der Waals surface area contributed by atoms with Gasteiger partial charge in [0.15, 0.2) is 6.10 Å². The van der Waals surface area contributed by atoms with Crippen LogP contribution in [0.4, 0.5) is 0 Å². The van der Waals surface area contributed by atoms with Gasteiger partial charge >= 0.3 is 5.97 Å². The second kappa shape index (κ2) is 7.14. The quantitative estimate of drug-likeness (QED) is 0.871. The van der Waals surface area contributed by atoms with Gasteiger partial charge in [-0.2, -0.15) is 0 Å². The minimum atomic E-state index is -0.960. The van der Waals surface area contributed by atoms with Gasteiger partial charge in [-0.15, -0.1) is 0 Å². The zero-order valence-electron chi connectivity index (χ0n) is 11.8. The summed E-state index contributed by atoms with van der Waals surface area (Å²) in [5, 5.41) is 9.73. The molecule has 0 fully saturated rings. The minimum absolute atomic E-state index is 0.405. The summed E-state index contributed by atoms with van der Waals surface area (Å²) in [6.07, 6.45) is 0.205. The van der Waals surface area contributed by atoms with Crippen LogP contribution in [0.5, 0.6) is 5.75 Å². The van der Waals surface area contributed by atoms with Gasteiger partial charge in [0, 0.05) is 17.0 Å². The van der Waals surface area contributed by atoms with Gasteiger partial charge in [0.2, 0.25) is 0 Å². The molecule has 0 aliphatic rings. The molecule has 1 unspecified atom stereocenters. The molecule has 110 valence electrons. The van der Waals surface area contributed by atoms with Crippen molar-refractivity contribution < 1.29 is 14.6 Å². The molecule has 0 saturated heterocycles. The van der Waals surface area contributed by atoms with Gasteiger partial charge in [0.1, 0.15) is 5.75 Å². The van der Waals surface area contributed by atoms with Crippen molar-refractivity contribution >= 4 is 17.6 Å². The molecular formula is C17H17ClO3. The average molecular weight is 305 g/mol. The Morgan fingerprint density at radius 2 is 1.95 bits per heavy atom. The molecule has 1 atom stereocenters. The summed E-state index contributed by atoms with van der Waals surface area (Å²) >= 11 is 6.04. The molecular weight excluding hydrogens is 288 g/mol. The summed E-state index contributed by atoms with van der Waals surface area (Å²) in [6, 6.07) is 15.2. The predicted octanol–water partition coefficient (Wildman–Crippen LogP) is 4.17. The molecule has 3 nitrogen and oxygen atoms in total. The molecule has 2 aromatic carbocycles. The lowest BCUT2D eigenvalue weighted by Crippen LogP contribution is -2.26. The fraction of sp³-hybridized carbons (Fsp3) is 0.235. The Labute approximate surface area is 129 Å². The van der Waals surface area contributed by atoms with E-state index in [9.17, 15) is 4.79 Å². The maximum Gasteiger partial charge on any atom is 0.344 e. The first kappa shape index (κ1) is 15.4. The largest absolute Gasteiger partial charge is 0.479 e. The van der Waals surface area contributed by atoms with E-state index in [1.807, 2.05) is 36.4 Å². The first-order valence-electron chi connectivity index (χ1n) is 6.82. The van der Waals surface area contributed by atoms with Crippen LogP contribution in [-0.2, 0) is 11.2 Å². The number of carboxylic acid groups (broad SMARTS) is 1. The third kappa shape index (κ3) is 4.23. The summed E-state index contributed by atoms with van der Waals surface area (Å²) in [7, 11) is 0. The van der Waals surface area contributed by atoms with Crippen molar-refractivity contribution in [2.24, 2.45) is 0 Å². The molecule has 0 radical (unpaired) electrons. The zero-order chi connectivity index (χ0) is 15.2. The minimum Gasteiger partial charge on any atom is -0.479 e. The fourth-order valence-electron chi connectivity index (χ4n) is 2.08. The SMILES string of the molecule is CCC(Oc1ccc(Cl)cc1Cc1ccccc1)C(=O)O. The van der Waals surface area contributed by atoms with Crippen LogP contribution in [0.1, 0.15) is 24.5 Å². The number of carbonyl (C=O) groups is 1. The van der Waals surface area contributed by atoms with E-state index in [4.69, 9.17) is 21.4 Å². The highest BCUT2D eigenvalue weighted by Gasteiger charge is 2.18. The summed E-state index contributed by atoms with van der Waals surface area (Å²) < 4.78 is 5.63. The molecule has 4 heteroatoms. The number of carboxylic acids is 1. The molecule has 0 bridgehead atoms. The van der Waals surface area contributed by atoms with Crippen molar-refractivity contribution in [2.75, 3.05) is 0 Å². The Hall–Kier alpha value is -2.00. The van der Waals surface area contributed by atoms with Crippen LogP contribution in [0, 0.1) is 0 Å². The second-order valence-corrected chi connectivity index (χ2v) is 5.20. The molecule has 0 aliphatic heterocycles. The number of aliphatic carboxylic acids is 1. The third-order valence-corrected chi connectivity index (χ3v) is 3.41. The van der Waals surface area contributed by atoms with Crippen LogP contribution >= 0.6 is 11.6 Å². The molecule has 0 aromatic heterocycles. The van der Waals surface area contributed by atoms with Gasteiger partial charge in [-0.25, -0.2) is 4.79 Å². The van der Waals surface area contributed by atoms with Crippen LogP contribution < -0.4 is 4.74 Å². The van der Waals surface area contributed by atoms with Crippen molar-refractivity contribution in [1.29, 1.82) is 0 Å². The highest BCUT2D eigenvalue weighted by atomic mass is 35.5. The number of halogens is 1. The standard InChI is InChI=1S/C17H17ClO3/c1-2-15(17(19)20)21-16-9-8-14(18)11-13(16)10-12-6-4-3-5-7-12/h3-9,11,15H,2,10H2,1H3,(H,19,20). The van der Waals surface area contributed by atoms with E-state index >= 15 is 0 Å². The van der Waals surface area contributed by atoms with Crippen LogP contribution in [0.2, 0.25) is 5.02 Å². The molecule has 0 saturated carbocycles. The van der Waals surface area contributed by atoms with Crippen molar-refractivity contribution in [2.45, 2.75) is 25.9 Å². The van der Waals surface area contributed by atoms with Crippen LogP contribution in [0.3, 0.4) is 0 Å². The Balaban J connectivity index is 2.27. The van der Waals surface area contributed by atoms with E-state index in [0.717, 1.165) is 11.1 Å². The van der Waals surface area contributed by atoms with Crippen LogP contribution in [0.25, 0.3) is 0 Å². The monoisotopic (exact) mass is 304 g/mol. The Kier molecular flexibility index (Phi) is 5.23. The molecule has 0 aliphatic carbocycles. The average Bonchev–Trinajstić information content (AvgIpc) is 2.47.